The van der Waals surface area contributed by atoms with Crippen molar-refractivity contribution in [1.29, 1.82) is 0 Å². The number of nitrogens with one attached hydrogen (secondary N) is 1. The molecule has 2 aromatic rings. The molecule has 0 bridgehead atoms. The molecule has 12 heteroatoms. The van der Waals surface area contributed by atoms with Crippen LogP contribution in [0.5, 0.6) is 0 Å². The number of ether oxygens (including phenoxy) is 4. The van der Waals surface area contributed by atoms with Crippen LogP contribution in [-0.2, 0) is 51.2 Å². The summed E-state index contributed by atoms with van der Waals surface area (Å²) in [7, 11) is 3.01. The highest BCUT2D eigenvalue weighted by molar-refractivity contribution is 5.90. The first-order valence-electron chi connectivity index (χ1n) is 17.5. The van der Waals surface area contributed by atoms with E-state index in [0.717, 1.165) is 42.7 Å². The minimum absolute atomic E-state index is 0.0294. The fourth-order valence-electron chi connectivity index (χ4n) is 5.85. The maximum absolute atomic E-state index is 14.5. The number of alkyl halides is 1. The summed E-state index contributed by atoms with van der Waals surface area (Å²) in [6, 6.07) is 15.1. The van der Waals surface area contributed by atoms with Gasteiger partial charge in [0.15, 0.2) is 12.2 Å². The van der Waals surface area contributed by atoms with Gasteiger partial charge in [-0.25, -0.2) is 14.0 Å². The Balaban J connectivity index is 1.46. The number of rotatable bonds is 18. The minimum atomic E-state index is -1.66. The van der Waals surface area contributed by atoms with Gasteiger partial charge in [0.1, 0.15) is 24.4 Å². The molecule has 4 rings (SSSR count). The summed E-state index contributed by atoms with van der Waals surface area (Å²) in [5.74, 6) is -2.58. The molecule has 0 radical (unpaired) electrons. The average molecular weight is 698 g/mol. The Labute approximate surface area is 294 Å². The van der Waals surface area contributed by atoms with Gasteiger partial charge in [0, 0.05) is 32.2 Å². The van der Waals surface area contributed by atoms with E-state index in [1.165, 1.54) is 39.8 Å². The van der Waals surface area contributed by atoms with Gasteiger partial charge in [0.2, 0.25) is 0 Å². The second-order valence-corrected chi connectivity index (χ2v) is 13.8. The Morgan fingerprint density at radius 2 is 1.62 bits per heavy atom. The summed E-state index contributed by atoms with van der Waals surface area (Å²) in [5.41, 5.74) is 1.13. The summed E-state index contributed by atoms with van der Waals surface area (Å²) >= 11 is 0. The van der Waals surface area contributed by atoms with Gasteiger partial charge in [0.25, 0.3) is 5.91 Å². The van der Waals surface area contributed by atoms with Gasteiger partial charge in [-0.1, -0.05) is 55.3 Å². The van der Waals surface area contributed by atoms with E-state index in [1.54, 1.807) is 0 Å². The number of amides is 1. The monoisotopic (exact) mass is 697 g/mol. The van der Waals surface area contributed by atoms with Crippen molar-refractivity contribution in [2.45, 2.75) is 95.9 Å². The molecule has 4 atom stereocenters. The summed E-state index contributed by atoms with van der Waals surface area (Å²) < 4.78 is 36.7. The number of hydrogen-bond donors (Lipinski definition) is 1. The lowest BCUT2D eigenvalue weighted by atomic mass is 10.0. The Morgan fingerprint density at radius 1 is 0.960 bits per heavy atom. The van der Waals surface area contributed by atoms with Gasteiger partial charge < -0.3 is 34.1 Å². The van der Waals surface area contributed by atoms with Gasteiger partial charge >= 0.3 is 17.9 Å². The zero-order chi connectivity index (χ0) is 36.3. The number of likely N-dealkylation sites (N-methyl/N-ethyl adjacent to an activating group) is 2. The summed E-state index contributed by atoms with van der Waals surface area (Å²) in [5, 5.41) is 2.80. The molecule has 0 unspecified atom stereocenters. The number of benzene rings is 2. The highest BCUT2D eigenvalue weighted by Crippen LogP contribution is 2.35. The molecule has 2 aromatic carbocycles. The van der Waals surface area contributed by atoms with Crippen LogP contribution in [0.3, 0.4) is 0 Å². The number of anilines is 1. The number of morpholine rings is 1. The molecule has 11 nitrogen and oxygen atoms in total. The summed E-state index contributed by atoms with van der Waals surface area (Å²) in [6.45, 7) is 7.15. The van der Waals surface area contributed by atoms with Crippen molar-refractivity contribution in [2.24, 2.45) is 5.92 Å². The number of carbonyl (C=O) groups is 4. The molecule has 274 valence electrons. The van der Waals surface area contributed by atoms with Gasteiger partial charge in [-0.2, -0.15) is 0 Å². The quantitative estimate of drug-likeness (QED) is 0.177. The van der Waals surface area contributed by atoms with Crippen molar-refractivity contribution in [3.8, 4) is 0 Å². The molecule has 1 N–H and O–H groups in total. The minimum Gasteiger partial charge on any atom is -0.458 e. The van der Waals surface area contributed by atoms with Crippen LogP contribution in [0.15, 0.2) is 54.6 Å². The Kier molecular flexibility index (Phi) is 14.2. The van der Waals surface area contributed by atoms with E-state index in [1.807, 2.05) is 54.6 Å². The zero-order valence-corrected chi connectivity index (χ0v) is 29.9. The largest absolute Gasteiger partial charge is 0.458 e. The van der Waals surface area contributed by atoms with Crippen LogP contribution in [0.1, 0.15) is 64.0 Å². The van der Waals surface area contributed by atoms with E-state index < -0.39 is 53.8 Å². The van der Waals surface area contributed by atoms with Gasteiger partial charge in [-0.3, -0.25) is 9.59 Å². The molecule has 0 spiro atoms. The first kappa shape index (κ1) is 38.8. The number of esters is 3. The molecule has 0 aromatic heterocycles. The van der Waals surface area contributed by atoms with Crippen molar-refractivity contribution in [3.63, 3.8) is 0 Å². The third-order valence-corrected chi connectivity index (χ3v) is 9.05. The standard InChI is InChI=1S/C38H52FN3O8/c1-26(35(44)48-25-29-9-7-6-8-10-29)49-37(46)32(23-28-11-12-28)41(5)34(43)33(50-36(45)31(40-4)24-38(2,3)39)18-15-27-13-16-30(17-14-27)42-19-21-47-22-20-42/h6-10,13-14,16-17,26,28,31-33,40H,11-12,15,18-25H2,1-5H3/t26-,31+,32+,33-/m1/s1. The van der Waals surface area contributed by atoms with Gasteiger partial charge in [-0.15, -0.1) is 0 Å². The van der Waals surface area contributed by atoms with Crippen LogP contribution in [0.4, 0.5) is 10.1 Å². The molecule has 1 amide bonds. The predicted octanol–water partition coefficient (Wildman–Crippen LogP) is 4.40. The van der Waals surface area contributed by atoms with Crippen molar-refractivity contribution in [3.05, 3.63) is 65.7 Å². The second-order valence-electron chi connectivity index (χ2n) is 13.8. The van der Waals surface area contributed by atoms with Crippen molar-refractivity contribution in [1.82, 2.24) is 10.2 Å². The van der Waals surface area contributed by atoms with Crippen molar-refractivity contribution in [2.75, 3.05) is 45.3 Å². The number of aryl methyl sites for hydroxylation is 1. The second kappa shape index (κ2) is 18.3. The van der Waals surface area contributed by atoms with Crippen LogP contribution >= 0.6 is 0 Å². The molecule has 1 aliphatic heterocycles. The molecule has 1 aliphatic carbocycles. The van der Waals surface area contributed by atoms with E-state index in [-0.39, 0.29) is 25.4 Å². The highest BCUT2D eigenvalue weighted by Gasteiger charge is 2.40. The SMILES string of the molecule is CN[C@@H](CC(C)(C)F)C(=O)O[C@H](CCc1ccc(N2CCOCC2)cc1)C(=O)N(C)[C@@H](CC1CC1)C(=O)O[C@H](C)C(=O)OCc1ccccc1. The number of carbonyl (C=O) groups excluding carboxylic acids is 4. The molecule has 2 fully saturated rings. The van der Waals surface area contributed by atoms with Crippen molar-refractivity contribution < 1.29 is 42.5 Å². The average Bonchev–Trinajstić information content (AvgIpc) is 3.94. The van der Waals surface area contributed by atoms with E-state index >= 15 is 0 Å². The third-order valence-electron chi connectivity index (χ3n) is 9.05. The predicted molar refractivity (Wildman–Crippen MR) is 186 cm³/mol. The zero-order valence-electron chi connectivity index (χ0n) is 29.9. The smallest absolute Gasteiger partial charge is 0.347 e. The molecular weight excluding hydrogens is 645 g/mol. The fraction of sp³-hybridized carbons (Fsp3) is 0.579. The molecule has 1 saturated carbocycles. The summed E-state index contributed by atoms with van der Waals surface area (Å²) in [4.78, 5) is 57.2. The van der Waals surface area contributed by atoms with E-state index in [0.29, 0.717) is 26.1 Å². The molecule has 50 heavy (non-hydrogen) atoms. The Morgan fingerprint density at radius 3 is 2.22 bits per heavy atom. The molecule has 1 heterocycles. The Bertz CT molecular complexity index is 1410. The van der Waals surface area contributed by atoms with Crippen LogP contribution < -0.4 is 10.2 Å². The first-order chi connectivity index (χ1) is 23.8. The summed E-state index contributed by atoms with van der Waals surface area (Å²) in [6.07, 6.45) is 0.0717. The van der Waals surface area contributed by atoms with E-state index in [2.05, 4.69) is 10.2 Å². The Hall–Kier alpha value is -4.03. The lowest BCUT2D eigenvalue weighted by Gasteiger charge is -2.31. The fourth-order valence-corrected chi connectivity index (χ4v) is 5.85. The third kappa shape index (κ3) is 12.1. The number of hydrogen-bond acceptors (Lipinski definition) is 10. The molecule has 2 aliphatic rings. The maximum Gasteiger partial charge on any atom is 0.347 e. The highest BCUT2D eigenvalue weighted by atomic mass is 19.1. The van der Waals surface area contributed by atoms with Crippen molar-refractivity contribution >= 4 is 29.5 Å². The lowest BCUT2D eigenvalue weighted by molar-refractivity contribution is -0.174. The first-order valence-corrected chi connectivity index (χ1v) is 17.5. The van der Waals surface area contributed by atoms with E-state index in [4.69, 9.17) is 18.9 Å². The molecule has 1 saturated heterocycles. The maximum atomic E-state index is 14.5. The van der Waals surface area contributed by atoms with Gasteiger partial charge in [-0.05, 0) is 76.3 Å². The van der Waals surface area contributed by atoms with Crippen LogP contribution in [0.25, 0.3) is 0 Å². The van der Waals surface area contributed by atoms with Gasteiger partial charge in [0.05, 0.1) is 13.2 Å². The van der Waals surface area contributed by atoms with E-state index in [9.17, 15) is 23.6 Å². The number of halogens is 1. The normalized spacial score (nSPS) is 17.2. The lowest BCUT2D eigenvalue weighted by Crippen LogP contribution is -2.51. The van der Waals surface area contributed by atoms with Crippen LogP contribution in [-0.4, -0.2) is 99.1 Å². The number of nitrogens with zero attached hydrogens (tertiary/aromatic N) is 2. The molecular formula is C38H52FN3O8. The van der Waals surface area contributed by atoms with Crippen LogP contribution in [0, 0.1) is 5.92 Å². The topological polar surface area (TPSA) is 124 Å². The van der Waals surface area contributed by atoms with Crippen LogP contribution in [0.2, 0.25) is 0 Å².